The highest BCUT2D eigenvalue weighted by Gasteiger charge is 2.20. The fourth-order valence-corrected chi connectivity index (χ4v) is 2.53. The van der Waals surface area contributed by atoms with Gasteiger partial charge in [-0.1, -0.05) is 12.1 Å². The number of hydrogen-bond donors (Lipinski definition) is 1. The number of esters is 1. The standard InChI is InChI=1S/C17H23NO5S/c1-21-14-7-5-6-12(16(14)22-2)8-9-15(19)18-13(10-11-24-4)17(20)23-3/h5-9,13H,10-11H2,1-4H3,(H,18,19)/b9-8+/t13-/m1/s1. The van der Waals surface area contributed by atoms with Crippen LogP contribution >= 0.6 is 11.8 Å². The molecule has 1 N–H and O–H groups in total. The minimum Gasteiger partial charge on any atom is -0.493 e. The first-order valence-corrected chi connectivity index (χ1v) is 8.73. The van der Waals surface area contributed by atoms with Crippen LogP contribution < -0.4 is 14.8 Å². The summed E-state index contributed by atoms with van der Waals surface area (Å²) in [6.07, 6.45) is 5.41. The number of amides is 1. The summed E-state index contributed by atoms with van der Waals surface area (Å²) >= 11 is 1.60. The molecule has 0 saturated carbocycles. The molecule has 1 rings (SSSR count). The van der Waals surface area contributed by atoms with Crippen LogP contribution in [0.5, 0.6) is 11.5 Å². The van der Waals surface area contributed by atoms with Crippen LogP contribution in [-0.4, -0.2) is 51.3 Å². The van der Waals surface area contributed by atoms with E-state index in [0.717, 1.165) is 5.75 Å². The molecule has 0 heterocycles. The average molecular weight is 353 g/mol. The lowest BCUT2D eigenvalue weighted by Gasteiger charge is -2.14. The first kappa shape index (κ1) is 19.9. The molecule has 0 unspecified atom stereocenters. The van der Waals surface area contributed by atoms with E-state index in [4.69, 9.17) is 14.2 Å². The van der Waals surface area contributed by atoms with Crippen molar-refractivity contribution in [3.63, 3.8) is 0 Å². The molecule has 7 heteroatoms. The number of carbonyl (C=O) groups is 2. The van der Waals surface area contributed by atoms with Crippen LogP contribution in [0.2, 0.25) is 0 Å². The van der Waals surface area contributed by atoms with Crippen molar-refractivity contribution in [3.8, 4) is 11.5 Å². The molecule has 1 atom stereocenters. The lowest BCUT2D eigenvalue weighted by atomic mass is 10.1. The molecule has 0 aliphatic carbocycles. The van der Waals surface area contributed by atoms with Crippen LogP contribution in [0.1, 0.15) is 12.0 Å². The number of nitrogens with one attached hydrogen (secondary N) is 1. The molecule has 1 aromatic rings. The zero-order valence-electron chi connectivity index (χ0n) is 14.3. The molecule has 0 spiro atoms. The van der Waals surface area contributed by atoms with Gasteiger partial charge in [0.25, 0.3) is 0 Å². The van der Waals surface area contributed by atoms with Crippen molar-refractivity contribution < 1.29 is 23.8 Å². The van der Waals surface area contributed by atoms with Crippen molar-refractivity contribution in [2.24, 2.45) is 0 Å². The van der Waals surface area contributed by atoms with E-state index in [2.05, 4.69) is 5.32 Å². The molecule has 6 nitrogen and oxygen atoms in total. The molecule has 0 fully saturated rings. The lowest BCUT2D eigenvalue weighted by molar-refractivity contribution is -0.144. The van der Waals surface area contributed by atoms with Gasteiger partial charge in [-0.3, -0.25) is 4.79 Å². The highest BCUT2D eigenvalue weighted by atomic mass is 32.2. The first-order chi connectivity index (χ1) is 11.6. The zero-order valence-corrected chi connectivity index (χ0v) is 15.1. The Kier molecular flexibility index (Phi) is 8.78. The van der Waals surface area contributed by atoms with Crippen LogP contribution in [0.25, 0.3) is 6.08 Å². The Morgan fingerprint density at radius 1 is 1.25 bits per heavy atom. The number of rotatable bonds is 9. The minimum atomic E-state index is -0.660. The molecule has 24 heavy (non-hydrogen) atoms. The third kappa shape index (κ3) is 5.81. The van der Waals surface area contributed by atoms with Crippen molar-refractivity contribution in [2.45, 2.75) is 12.5 Å². The maximum Gasteiger partial charge on any atom is 0.328 e. The number of carbonyl (C=O) groups excluding carboxylic acids is 2. The normalized spacial score (nSPS) is 11.8. The zero-order chi connectivity index (χ0) is 17.9. The molecule has 0 bridgehead atoms. The highest BCUT2D eigenvalue weighted by Crippen LogP contribution is 2.31. The molecule has 1 aromatic carbocycles. The number of methoxy groups -OCH3 is 3. The fourth-order valence-electron chi connectivity index (χ4n) is 2.06. The maximum atomic E-state index is 12.1. The van der Waals surface area contributed by atoms with Crippen molar-refractivity contribution in [1.82, 2.24) is 5.32 Å². The van der Waals surface area contributed by atoms with Crippen LogP contribution in [0.15, 0.2) is 24.3 Å². The van der Waals surface area contributed by atoms with Gasteiger partial charge in [-0.25, -0.2) is 4.79 Å². The summed E-state index contributed by atoms with van der Waals surface area (Å²) in [4.78, 5) is 23.8. The van der Waals surface area contributed by atoms with E-state index in [-0.39, 0.29) is 5.91 Å². The van der Waals surface area contributed by atoms with E-state index in [1.165, 1.54) is 20.3 Å². The van der Waals surface area contributed by atoms with Crippen molar-refractivity contribution in [2.75, 3.05) is 33.3 Å². The fraction of sp³-hybridized carbons (Fsp3) is 0.412. The summed E-state index contributed by atoms with van der Waals surface area (Å²) in [6, 6.07) is 4.71. The van der Waals surface area contributed by atoms with Gasteiger partial charge in [0.05, 0.1) is 21.3 Å². The third-order valence-corrected chi connectivity index (χ3v) is 3.90. The Morgan fingerprint density at radius 3 is 2.58 bits per heavy atom. The average Bonchev–Trinajstić information content (AvgIpc) is 2.61. The van der Waals surface area contributed by atoms with Crippen LogP contribution in [-0.2, 0) is 14.3 Å². The van der Waals surface area contributed by atoms with E-state index in [0.29, 0.717) is 23.5 Å². The van der Waals surface area contributed by atoms with E-state index < -0.39 is 12.0 Å². The van der Waals surface area contributed by atoms with Gasteiger partial charge in [-0.05, 0) is 30.6 Å². The number of benzene rings is 1. The van der Waals surface area contributed by atoms with Gasteiger partial charge in [-0.2, -0.15) is 11.8 Å². The molecule has 132 valence electrons. The highest BCUT2D eigenvalue weighted by molar-refractivity contribution is 7.98. The molecule has 0 radical (unpaired) electrons. The van der Waals surface area contributed by atoms with Gasteiger partial charge < -0.3 is 19.5 Å². The summed E-state index contributed by atoms with van der Waals surface area (Å²) in [7, 11) is 4.38. The lowest BCUT2D eigenvalue weighted by Crippen LogP contribution is -2.41. The third-order valence-electron chi connectivity index (χ3n) is 3.26. The molecular weight excluding hydrogens is 330 g/mol. The Morgan fingerprint density at radius 2 is 2.00 bits per heavy atom. The van der Waals surface area contributed by atoms with Crippen LogP contribution in [0, 0.1) is 0 Å². The molecule has 0 aliphatic heterocycles. The number of ether oxygens (including phenoxy) is 3. The second-order valence-corrected chi connectivity index (χ2v) is 5.77. The molecule has 0 aliphatic rings. The number of thioether (sulfide) groups is 1. The predicted octanol–water partition coefficient (Wildman–Crippen LogP) is 2.13. The van der Waals surface area contributed by atoms with Crippen molar-refractivity contribution >= 4 is 29.7 Å². The van der Waals surface area contributed by atoms with Crippen LogP contribution in [0.3, 0.4) is 0 Å². The van der Waals surface area contributed by atoms with Crippen molar-refractivity contribution in [3.05, 3.63) is 29.8 Å². The maximum absolute atomic E-state index is 12.1. The Bertz CT molecular complexity index is 588. The van der Waals surface area contributed by atoms with E-state index in [1.54, 1.807) is 43.1 Å². The van der Waals surface area contributed by atoms with Crippen LogP contribution in [0.4, 0.5) is 0 Å². The van der Waals surface area contributed by atoms with E-state index in [9.17, 15) is 9.59 Å². The first-order valence-electron chi connectivity index (χ1n) is 7.33. The largest absolute Gasteiger partial charge is 0.493 e. The van der Waals surface area contributed by atoms with E-state index in [1.807, 2.05) is 6.26 Å². The van der Waals surface area contributed by atoms with Gasteiger partial charge in [0.2, 0.25) is 5.91 Å². The minimum absolute atomic E-state index is 0.378. The van der Waals surface area contributed by atoms with Gasteiger partial charge in [0.1, 0.15) is 6.04 Å². The molecule has 0 saturated heterocycles. The molecular formula is C17H23NO5S. The molecule has 0 aromatic heterocycles. The summed E-state index contributed by atoms with van der Waals surface area (Å²) in [5.74, 6) is 1.03. The summed E-state index contributed by atoms with van der Waals surface area (Å²) < 4.78 is 15.2. The SMILES string of the molecule is COC(=O)[C@@H](CCSC)NC(=O)/C=C/c1cccc(OC)c1OC. The van der Waals surface area contributed by atoms with Crippen molar-refractivity contribution in [1.29, 1.82) is 0 Å². The summed E-state index contributed by atoms with van der Waals surface area (Å²) in [5.41, 5.74) is 0.700. The quantitative estimate of drug-likeness (QED) is 0.541. The smallest absolute Gasteiger partial charge is 0.328 e. The Hall–Kier alpha value is -2.15. The monoisotopic (exact) mass is 353 g/mol. The number of hydrogen-bond acceptors (Lipinski definition) is 6. The summed E-state index contributed by atoms with van der Waals surface area (Å²) in [6.45, 7) is 0. The Labute approximate surface area is 146 Å². The second-order valence-electron chi connectivity index (χ2n) is 4.78. The van der Waals surface area contributed by atoms with Gasteiger partial charge in [0.15, 0.2) is 11.5 Å². The van der Waals surface area contributed by atoms with E-state index >= 15 is 0 Å². The topological polar surface area (TPSA) is 73.9 Å². The van der Waals surface area contributed by atoms with Gasteiger partial charge in [-0.15, -0.1) is 0 Å². The molecule has 1 amide bonds. The van der Waals surface area contributed by atoms with Gasteiger partial charge in [0, 0.05) is 11.6 Å². The van der Waals surface area contributed by atoms with Gasteiger partial charge >= 0.3 is 5.97 Å². The second kappa shape index (κ2) is 10.6. The predicted molar refractivity (Wildman–Crippen MR) is 95.5 cm³/mol. The Balaban J connectivity index is 2.82. The summed E-state index contributed by atoms with van der Waals surface area (Å²) in [5, 5.41) is 2.65. The number of para-hydroxylation sites is 1.